The smallest absolute Gasteiger partial charge is 0.0448 e. The number of hydrogen-bond acceptors (Lipinski definition) is 1. The van der Waals surface area contributed by atoms with Crippen LogP contribution in [0.25, 0.3) is 0 Å². The maximum Gasteiger partial charge on any atom is -0.0448 e. The summed E-state index contributed by atoms with van der Waals surface area (Å²) >= 11 is 0. The van der Waals surface area contributed by atoms with Gasteiger partial charge in [0.05, 0.1) is 0 Å². The van der Waals surface area contributed by atoms with Crippen LogP contribution in [0.4, 0.5) is 0 Å². The average Bonchev–Trinajstić information content (AvgIpc) is 1.89. The molecule has 0 amide bonds. The summed E-state index contributed by atoms with van der Waals surface area (Å²) in [5.74, 6) is 1.70. The summed E-state index contributed by atoms with van der Waals surface area (Å²) in [6, 6.07) is 0. The maximum atomic E-state index is 2.24. The average molecular weight is 161 g/mol. The molecule has 3 N–H and O–H groups in total. The molecule has 0 unspecified atom stereocenters. The van der Waals surface area contributed by atoms with Crippen LogP contribution in [0.1, 0.15) is 54.4 Å². The second-order valence-electron chi connectivity index (χ2n) is 3.49. The van der Waals surface area contributed by atoms with E-state index in [1.807, 2.05) is 0 Å². The molecule has 0 radical (unpaired) electrons. The lowest BCUT2D eigenvalue weighted by atomic mass is 10.0. The van der Waals surface area contributed by atoms with E-state index >= 15 is 0 Å². The van der Waals surface area contributed by atoms with Gasteiger partial charge in [-0.2, -0.15) is 0 Å². The summed E-state index contributed by atoms with van der Waals surface area (Å²) < 4.78 is 0. The van der Waals surface area contributed by atoms with Crippen LogP contribution >= 0.6 is 0 Å². The molecule has 0 rings (SSSR count). The first-order valence-electron chi connectivity index (χ1n) is 4.56. The van der Waals surface area contributed by atoms with E-state index in [0.29, 0.717) is 0 Å². The fraction of sp³-hybridized carbons (Fsp3) is 1.00. The van der Waals surface area contributed by atoms with Crippen molar-refractivity contribution in [2.24, 2.45) is 11.8 Å². The number of hydrogen-bond donors (Lipinski definition) is 1. The molecule has 0 fully saturated rings. The highest BCUT2D eigenvalue weighted by Crippen LogP contribution is 2.05. The molecular weight excluding hydrogens is 134 g/mol. The zero-order valence-corrected chi connectivity index (χ0v) is 9.28. The van der Waals surface area contributed by atoms with Gasteiger partial charge in [0.25, 0.3) is 0 Å². The van der Waals surface area contributed by atoms with Crippen molar-refractivity contribution in [1.29, 1.82) is 0 Å². The Kier molecular flexibility index (Phi) is 19.7. The minimum absolute atomic E-state index is 0. The van der Waals surface area contributed by atoms with Gasteiger partial charge in [0.2, 0.25) is 0 Å². The molecule has 0 saturated carbocycles. The Hall–Kier alpha value is -0.0400. The molecule has 11 heavy (non-hydrogen) atoms. The van der Waals surface area contributed by atoms with Gasteiger partial charge in [0, 0.05) is 0 Å². The fourth-order valence-electron chi connectivity index (χ4n) is 0. The van der Waals surface area contributed by atoms with Crippen LogP contribution in [0.5, 0.6) is 0 Å². The molecule has 0 aromatic rings. The van der Waals surface area contributed by atoms with Gasteiger partial charge in [-0.15, -0.1) is 0 Å². The Balaban J connectivity index is -0.000000114. The van der Waals surface area contributed by atoms with Crippen molar-refractivity contribution in [2.75, 3.05) is 0 Å². The number of unbranched alkanes of at least 4 members (excludes halogenated alkanes) is 1. The van der Waals surface area contributed by atoms with Crippen molar-refractivity contribution in [1.82, 2.24) is 6.15 Å². The minimum atomic E-state index is 0. The molecule has 0 aromatic carbocycles. The van der Waals surface area contributed by atoms with E-state index in [0.717, 1.165) is 11.8 Å². The van der Waals surface area contributed by atoms with Crippen molar-refractivity contribution < 1.29 is 0 Å². The van der Waals surface area contributed by atoms with Crippen molar-refractivity contribution in [3.63, 3.8) is 0 Å². The topological polar surface area (TPSA) is 35.0 Å². The van der Waals surface area contributed by atoms with E-state index in [9.17, 15) is 0 Å². The molecule has 0 spiro atoms. The number of rotatable bonds is 2. The quantitative estimate of drug-likeness (QED) is 0.645. The molecule has 72 valence electrons. The van der Waals surface area contributed by atoms with Crippen molar-refractivity contribution >= 4 is 0 Å². The van der Waals surface area contributed by atoms with Crippen LogP contribution in [0, 0.1) is 11.8 Å². The molecule has 1 heteroatoms. The lowest BCUT2D eigenvalue weighted by molar-refractivity contribution is 0.457. The summed E-state index contributed by atoms with van der Waals surface area (Å²) in [5, 5.41) is 0. The van der Waals surface area contributed by atoms with E-state index in [1.165, 1.54) is 12.8 Å². The Labute approximate surface area is 73.2 Å². The predicted molar refractivity (Wildman–Crippen MR) is 55.3 cm³/mol. The zero-order chi connectivity index (χ0) is 8.57. The molecule has 0 atom stereocenters. The Morgan fingerprint density at radius 2 is 0.909 bits per heavy atom. The minimum Gasteiger partial charge on any atom is -0.344 e. The van der Waals surface area contributed by atoms with Crippen LogP contribution in [0.2, 0.25) is 0 Å². The summed E-state index contributed by atoms with van der Waals surface area (Å²) in [6.07, 6.45) is 2.64. The van der Waals surface area contributed by atoms with Crippen LogP contribution in [-0.2, 0) is 0 Å². The highest BCUT2D eigenvalue weighted by Gasteiger charge is 1.95. The second kappa shape index (κ2) is 12.6. The Morgan fingerprint density at radius 3 is 0.909 bits per heavy atom. The van der Waals surface area contributed by atoms with Gasteiger partial charge in [-0.3, -0.25) is 0 Å². The third-order valence-electron chi connectivity index (χ3n) is 1.83. The van der Waals surface area contributed by atoms with E-state index in [2.05, 4.69) is 41.5 Å². The van der Waals surface area contributed by atoms with Crippen LogP contribution in [0.15, 0.2) is 0 Å². The largest absolute Gasteiger partial charge is 0.344 e. The first-order chi connectivity index (χ1) is 4.56. The van der Waals surface area contributed by atoms with Crippen LogP contribution < -0.4 is 6.15 Å². The van der Waals surface area contributed by atoms with Crippen molar-refractivity contribution in [3.8, 4) is 0 Å². The van der Waals surface area contributed by atoms with Crippen LogP contribution in [0.3, 0.4) is 0 Å². The molecule has 0 saturated heterocycles. The summed E-state index contributed by atoms with van der Waals surface area (Å²) in [6.45, 7) is 13.3. The lowest BCUT2D eigenvalue weighted by Gasteiger charge is -2.05. The highest BCUT2D eigenvalue weighted by atomic mass is 14.0. The van der Waals surface area contributed by atoms with E-state index in [-0.39, 0.29) is 6.15 Å². The molecule has 0 bridgehead atoms. The first kappa shape index (κ1) is 17.2. The zero-order valence-electron chi connectivity index (χ0n) is 9.28. The van der Waals surface area contributed by atoms with Gasteiger partial charge in [-0.05, 0) is 11.8 Å². The summed E-state index contributed by atoms with van der Waals surface area (Å²) in [5.41, 5.74) is 0. The third-order valence-corrected chi connectivity index (χ3v) is 1.83. The van der Waals surface area contributed by atoms with E-state index in [1.54, 1.807) is 0 Å². The molecule has 0 aliphatic heterocycles. The molecule has 0 aliphatic rings. The van der Waals surface area contributed by atoms with E-state index in [4.69, 9.17) is 0 Å². The molecule has 1 nitrogen and oxygen atoms in total. The van der Waals surface area contributed by atoms with Gasteiger partial charge >= 0.3 is 0 Å². The maximum absolute atomic E-state index is 2.24. The normalized spacial score (nSPS) is 8.73. The summed E-state index contributed by atoms with van der Waals surface area (Å²) in [4.78, 5) is 0. The highest BCUT2D eigenvalue weighted by molar-refractivity contribution is 4.46. The predicted octanol–water partition coefficient (Wildman–Crippen LogP) is 4.27. The second-order valence-corrected chi connectivity index (χ2v) is 3.49. The molecule has 0 aliphatic carbocycles. The Bertz CT molecular complexity index is 40.8. The molecule has 0 heterocycles. The molecular formula is C10H27N. The van der Waals surface area contributed by atoms with Gasteiger partial charge < -0.3 is 6.15 Å². The third kappa shape index (κ3) is 25.7. The van der Waals surface area contributed by atoms with Crippen molar-refractivity contribution in [2.45, 2.75) is 54.4 Å². The SMILES string of the molecule is CC(C)C(C)C.CCCC.N. The first-order valence-corrected chi connectivity index (χ1v) is 4.56. The van der Waals surface area contributed by atoms with Crippen molar-refractivity contribution in [3.05, 3.63) is 0 Å². The van der Waals surface area contributed by atoms with E-state index < -0.39 is 0 Å². The monoisotopic (exact) mass is 161 g/mol. The van der Waals surface area contributed by atoms with Gasteiger partial charge in [0.1, 0.15) is 0 Å². The molecule has 0 aromatic heterocycles. The lowest BCUT2D eigenvalue weighted by Crippen LogP contribution is -1.95. The van der Waals surface area contributed by atoms with Crippen LogP contribution in [-0.4, -0.2) is 0 Å². The summed E-state index contributed by atoms with van der Waals surface area (Å²) in [7, 11) is 0. The van der Waals surface area contributed by atoms with Gasteiger partial charge in [-0.1, -0.05) is 54.4 Å². The standard InChI is InChI=1S/C6H14.C4H10.H3N/c1-5(2)6(3)4;1-3-4-2;/h5-6H,1-4H3;3-4H2,1-2H3;1H3. The van der Waals surface area contributed by atoms with Gasteiger partial charge in [-0.25, -0.2) is 0 Å². The van der Waals surface area contributed by atoms with Gasteiger partial charge in [0.15, 0.2) is 0 Å². The Morgan fingerprint density at radius 1 is 0.727 bits per heavy atom. The fourth-order valence-corrected chi connectivity index (χ4v) is 0.